The Hall–Kier alpha value is -3.50. The molecule has 0 bridgehead atoms. The first-order chi connectivity index (χ1) is 17.2. The fourth-order valence-electron chi connectivity index (χ4n) is 4.58. The van der Waals surface area contributed by atoms with Gasteiger partial charge in [0.25, 0.3) is 5.91 Å². The van der Waals surface area contributed by atoms with Crippen molar-refractivity contribution in [2.24, 2.45) is 16.9 Å². The molecule has 2 aromatic rings. The highest BCUT2D eigenvalue weighted by Gasteiger charge is 2.37. The van der Waals surface area contributed by atoms with Gasteiger partial charge in [-0.15, -0.1) is 0 Å². The zero-order valence-corrected chi connectivity index (χ0v) is 19.5. The summed E-state index contributed by atoms with van der Waals surface area (Å²) in [5.41, 5.74) is 3.57. The van der Waals surface area contributed by atoms with Crippen LogP contribution in [0.3, 0.4) is 0 Å². The highest BCUT2D eigenvalue weighted by atomic mass is 16.7. The van der Waals surface area contributed by atoms with Crippen molar-refractivity contribution in [3.8, 4) is 0 Å². The van der Waals surface area contributed by atoms with Gasteiger partial charge in [-0.05, 0) is 24.0 Å². The maximum atomic E-state index is 13.6. The third-order valence-corrected chi connectivity index (χ3v) is 6.43. The molecule has 2 aliphatic rings. The predicted molar refractivity (Wildman–Crippen MR) is 129 cm³/mol. The second-order valence-electron chi connectivity index (χ2n) is 8.83. The summed E-state index contributed by atoms with van der Waals surface area (Å²) in [4.78, 5) is 51.5. The highest BCUT2D eigenvalue weighted by Crippen LogP contribution is 2.31. The van der Waals surface area contributed by atoms with Crippen LogP contribution in [0.4, 0.5) is 5.82 Å². The van der Waals surface area contributed by atoms with E-state index in [-0.39, 0.29) is 18.4 Å². The van der Waals surface area contributed by atoms with Crippen LogP contribution in [-0.4, -0.2) is 51.9 Å². The lowest BCUT2D eigenvalue weighted by Gasteiger charge is -2.27. The van der Waals surface area contributed by atoms with Crippen LogP contribution in [0.5, 0.6) is 0 Å². The minimum atomic E-state index is -0.783. The van der Waals surface area contributed by atoms with Gasteiger partial charge in [0.15, 0.2) is 12.4 Å². The Morgan fingerprint density at radius 3 is 2.69 bits per heavy atom. The van der Waals surface area contributed by atoms with E-state index >= 15 is 0 Å². The lowest BCUT2D eigenvalue weighted by Crippen LogP contribution is -2.46. The van der Waals surface area contributed by atoms with Gasteiger partial charge in [0.2, 0.25) is 5.91 Å². The predicted octanol–water partition coefficient (Wildman–Crippen LogP) is 2.66. The quantitative estimate of drug-likeness (QED) is 0.376. The van der Waals surface area contributed by atoms with Crippen molar-refractivity contribution in [2.45, 2.75) is 50.7 Å². The van der Waals surface area contributed by atoms with E-state index in [4.69, 9.17) is 4.84 Å². The molecule has 1 fully saturated rings. The summed E-state index contributed by atoms with van der Waals surface area (Å²) in [7, 11) is 0. The second-order valence-corrected chi connectivity index (χ2v) is 8.83. The topological polar surface area (TPSA) is 126 Å². The van der Waals surface area contributed by atoms with Gasteiger partial charge < -0.3 is 5.32 Å². The Labute approximate surface area is 204 Å². The number of benzene rings is 1. The average molecular weight is 479 g/mol. The standard InChI is InChI=1S/C25H30N6O4/c32-16-22(19-8-2-1-3-9-19)35-29-15-20(14-18-6-4-5-7-18)25(34)31-21(10-13-28-31)24(33)30-23-11-12-26-17-27-23/h1-3,8-9,11-13,16-18,20-22,29H,4-7,10,14-15H2,(H,26,27,30,33)/t20-,21+,22?/m1/s1. The largest absolute Gasteiger partial charge is 0.309 e. The van der Waals surface area contributed by atoms with Crippen molar-refractivity contribution in [1.82, 2.24) is 20.5 Å². The first-order valence-electron chi connectivity index (χ1n) is 12.0. The van der Waals surface area contributed by atoms with E-state index in [0.717, 1.165) is 31.2 Å². The van der Waals surface area contributed by atoms with Crippen molar-refractivity contribution in [3.05, 3.63) is 54.5 Å². The molecule has 184 valence electrons. The highest BCUT2D eigenvalue weighted by molar-refractivity contribution is 5.99. The van der Waals surface area contributed by atoms with Crippen LogP contribution < -0.4 is 10.8 Å². The van der Waals surface area contributed by atoms with Crippen LogP contribution >= 0.6 is 0 Å². The van der Waals surface area contributed by atoms with Gasteiger partial charge in [0.1, 0.15) is 18.2 Å². The van der Waals surface area contributed by atoms with Crippen LogP contribution in [0, 0.1) is 11.8 Å². The van der Waals surface area contributed by atoms with Crippen molar-refractivity contribution in [1.29, 1.82) is 0 Å². The van der Waals surface area contributed by atoms with E-state index in [2.05, 4.69) is 25.9 Å². The number of carbonyl (C=O) groups excluding carboxylic acids is 3. The zero-order chi connectivity index (χ0) is 24.5. The molecule has 1 saturated carbocycles. The van der Waals surface area contributed by atoms with E-state index in [1.54, 1.807) is 12.3 Å². The van der Waals surface area contributed by atoms with Gasteiger partial charge in [-0.25, -0.2) is 20.5 Å². The molecule has 1 aromatic heterocycles. The van der Waals surface area contributed by atoms with Crippen molar-refractivity contribution < 1.29 is 19.2 Å². The number of hydrogen-bond acceptors (Lipinski definition) is 8. The number of anilines is 1. The van der Waals surface area contributed by atoms with E-state index in [9.17, 15) is 14.4 Å². The number of hydroxylamine groups is 1. The Morgan fingerprint density at radius 1 is 1.17 bits per heavy atom. The Bertz CT molecular complexity index is 1010. The van der Waals surface area contributed by atoms with Gasteiger partial charge in [-0.3, -0.25) is 19.2 Å². The first-order valence-corrected chi connectivity index (χ1v) is 12.0. The number of aromatic nitrogens is 2. The lowest BCUT2D eigenvalue weighted by molar-refractivity contribution is -0.143. The number of aldehydes is 1. The molecule has 0 saturated heterocycles. The van der Waals surface area contributed by atoms with Gasteiger partial charge in [-0.2, -0.15) is 5.10 Å². The molecular formula is C25H30N6O4. The summed E-state index contributed by atoms with van der Waals surface area (Å²) in [6, 6.07) is 9.97. The molecule has 3 atom stereocenters. The Balaban J connectivity index is 1.41. The summed E-state index contributed by atoms with van der Waals surface area (Å²) >= 11 is 0. The number of hydrazone groups is 1. The monoisotopic (exact) mass is 478 g/mol. The van der Waals surface area contributed by atoms with Crippen LogP contribution in [0.2, 0.25) is 0 Å². The third-order valence-electron chi connectivity index (χ3n) is 6.43. The molecule has 4 rings (SSSR count). The number of rotatable bonds is 11. The van der Waals surface area contributed by atoms with Crippen LogP contribution in [0.25, 0.3) is 0 Å². The molecule has 0 spiro atoms. The molecule has 2 heterocycles. The number of amides is 2. The van der Waals surface area contributed by atoms with Crippen LogP contribution in [-0.2, 0) is 19.2 Å². The third kappa shape index (κ3) is 6.55. The Morgan fingerprint density at radius 2 is 1.97 bits per heavy atom. The number of hydrogen-bond donors (Lipinski definition) is 2. The fraction of sp³-hybridized carbons (Fsp3) is 0.440. The summed E-state index contributed by atoms with van der Waals surface area (Å²) in [5, 5.41) is 8.21. The molecule has 10 nitrogen and oxygen atoms in total. The summed E-state index contributed by atoms with van der Waals surface area (Å²) in [6.45, 7) is 0.207. The maximum absolute atomic E-state index is 13.6. The smallest absolute Gasteiger partial charge is 0.250 e. The first kappa shape index (κ1) is 24.6. The number of nitrogens with zero attached hydrogens (tertiary/aromatic N) is 4. The van der Waals surface area contributed by atoms with Gasteiger partial charge in [0, 0.05) is 25.4 Å². The summed E-state index contributed by atoms with van der Waals surface area (Å²) in [6.07, 6.45) is 9.84. The molecule has 2 amide bonds. The van der Waals surface area contributed by atoms with E-state index in [0.29, 0.717) is 30.9 Å². The molecular weight excluding hydrogens is 448 g/mol. The molecule has 0 radical (unpaired) electrons. The fourth-order valence-corrected chi connectivity index (χ4v) is 4.58. The minimum absolute atomic E-state index is 0.207. The van der Waals surface area contributed by atoms with E-state index < -0.39 is 18.1 Å². The molecule has 35 heavy (non-hydrogen) atoms. The molecule has 1 unspecified atom stereocenters. The lowest BCUT2D eigenvalue weighted by atomic mass is 9.92. The zero-order valence-electron chi connectivity index (χ0n) is 19.5. The number of carbonyl (C=O) groups is 3. The van der Waals surface area contributed by atoms with E-state index in [1.165, 1.54) is 17.5 Å². The maximum Gasteiger partial charge on any atom is 0.250 e. The van der Waals surface area contributed by atoms with Crippen LogP contribution in [0.15, 0.2) is 54.0 Å². The minimum Gasteiger partial charge on any atom is -0.309 e. The molecule has 1 aliphatic heterocycles. The SMILES string of the molecule is O=CC(ONC[C@@H](CC1CCCC1)C(=O)N1N=CC[C@H]1C(=O)Nc1ccncn1)c1ccccc1. The van der Waals surface area contributed by atoms with E-state index in [1.807, 2.05) is 30.3 Å². The van der Waals surface area contributed by atoms with Gasteiger partial charge in [-0.1, -0.05) is 56.0 Å². The second kappa shape index (κ2) is 12.3. The van der Waals surface area contributed by atoms with Crippen molar-refractivity contribution in [2.75, 3.05) is 11.9 Å². The summed E-state index contributed by atoms with van der Waals surface area (Å²) < 4.78 is 0. The molecule has 10 heteroatoms. The Kier molecular flexibility index (Phi) is 8.63. The average Bonchev–Trinajstić information content (AvgIpc) is 3.59. The van der Waals surface area contributed by atoms with Gasteiger partial charge in [0.05, 0.1) is 5.92 Å². The van der Waals surface area contributed by atoms with Crippen LogP contribution in [0.1, 0.15) is 50.2 Å². The molecule has 2 N–H and O–H groups in total. The van der Waals surface area contributed by atoms with Crippen molar-refractivity contribution >= 4 is 30.1 Å². The molecule has 1 aliphatic carbocycles. The van der Waals surface area contributed by atoms with Crippen molar-refractivity contribution in [3.63, 3.8) is 0 Å². The normalized spacial score (nSPS) is 19.4. The number of nitrogens with one attached hydrogen (secondary N) is 2. The summed E-state index contributed by atoms with van der Waals surface area (Å²) in [5.74, 6) is -0.259. The van der Waals surface area contributed by atoms with Gasteiger partial charge >= 0.3 is 0 Å². The molecule has 1 aromatic carbocycles.